The average molecular weight is 395 g/mol. The summed E-state index contributed by atoms with van der Waals surface area (Å²) in [4.78, 5) is 13.0. The van der Waals surface area contributed by atoms with Gasteiger partial charge >= 0.3 is 0 Å². The van der Waals surface area contributed by atoms with Crippen molar-refractivity contribution >= 4 is 21.6 Å². The molecule has 0 aliphatic rings. The van der Waals surface area contributed by atoms with E-state index in [1.165, 1.54) is 0 Å². The first-order valence-corrected chi connectivity index (χ1v) is 8.61. The van der Waals surface area contributed by atoms with Gasteiger partial charge in [-0.15, -0.1) is 0 Å². The number of nitrogens with zero attached hydrogens (tertiary/aromatic N) is 4. The van der Waals surface area contributed by atoms with Crippen LogP contribution >= 0.6 is 15.9 Å². The second-order valence-corrected chi connectivity index (χ2v) is 6.57. The lowest BCUT2D eigenvalue weighted by atomic mass is 10.0. The second-order valence-electron chi connectivity index (χ2n) is 5.72. The third-order valence-corrected chi connectivity index (χ3v) is 4.62. The lowest BCUT2D eigenvalue weighted by Gasteiger charge is -2.13. The van der Waals surface area contributed by atoms with Crippen LogP contribution in [0.2, 0.25) is 0 Å². The molecule has 3 heterocycles. The van der Waals surface area contributed by atoms with Gasteiger partial charge in [-0.1, -0.05) is 0 Å². The van der Waals surface area contributed by atoms with E-state index in [-0.39, 0.29) is 0 Å². The summed E-state index contributed by atoms with van der Waals surface area (Å²) in [6.07, 6.45) is 7.22. The van der Waals surface area contributed by atoms with Crippen LogP contribution in [-0.4, -0.2) is 19.4 Å². The first kappa shape index (κ1) is 15.8. The number of aromatic nitrogens is 4. The lowest BCUT2D eigenvalue weighted by molar-refractivity contribution is 0.459. The minimum Gasteiger partial charge on any atom is -0.438 e. The Morgan fingerprint density at radius 1 is 1.04 bits per heavy atom. The van der Waals surface area contributed by atoms with Crippen LogP contribution in [0.5, 0.6) is 11.6 Å². The molecule has 0 radical (unpaired) electrons. The van der Waals surface area contributed by atoms with Crippen molar-refractivity contribution < 1.29 is 4.74 Å². The maximum atomic E-state index is 5.89. The van der Waals surface area contributed by atoms with E-state index < -0.39 is 0 Å². The minimum absolute atomic E-state index is 0.546. The molecule has 0 amide bonds. The number of hydrogen-bond acceptors (Lipinski definition) is 4. The summed E-state index contributed by atoms with van der Waals surface area (Å²) in [7, 11) is 0. The van der Waals surface area contributed by atoms with Gasteiger partial charge in [0.1, 0.15) is 5.75 Å². The first-order valence-electron chi connectivity index (χ1n) is 7.81. The Morgan fingerprint density at radius 3 is 2.72 bits per heavy atom. The van der Waals surface area contributed by atoms with E-state index in [2.05, 4.69) is 42.2 Å². The van der Waals surface area contributed by atoms with E-state index in [1.807, 2.05) is 43.5 Å². The van der Waals surface area contributed by atoms with Crippen molar-refractivity contribution in [3.63, 3.8) is 0 Å². The predicted octanol–water partition coefficient (Wildman–Crippen LogP) is 4.96. The van der Waals surface area contributed by atoms with Gasteiger partial charge in [0.25, 0.3) is 0 Å². The van der Waals surface area contributed by atoms with Crippen molar-refractivity contribution in [2.24, 2.45) is 0 Å². The van der Waals surface area contributed by atoms with Gasteiger partial charge in [0.05, 0.1) is 22.1 Å². The van der Waals surface area contributed by atoms with Crippen molar-refractivity contribution in [1.82, 2.24) is 19.4 Å². The molecule has 0 fully saturated rings. The maximum Gasteiger partial charge on any atom is 0.233 e. The van der Waals surface area contributed by atoms with Gasteiger partial charge in [0.2, 0.25) is 5.88 Å². The number of imidazole rings is 1. The van der Waals surface area contributed by atoms with Crippen LogP contribution in [0, 0.1) is 13.8 Å². The number of aryl methyl sites for hydroxylation is 2. The molecule has 0 saturated heterocycles. The zero-order valence-electron chi connectivity index (χ0n) is 13.8. The summed E-state index contributed by atoms with van der Waals surface area (Å²) in [5.41, 5.74) is 5.02. The summed E-state index contributed by atoms with van der Waals surface area (Å²) >= 11 is 3.45. The van der Waals surface area contributed by atoms with E-state index in [1.54, 1.807) is 18.6 Å². The highest BCUT2D eigenvalue weighted by atomic mass is 79.9. The Balaban J connectivity index is 1.76. The SMILES string of the molecule is Cc1cc(Oc2ncccc2Br)ccc1-c1c(C)ncc2nccn12. The molecule has 0 atom stereocenters. The zero-order chi connectivity index (χ0) is 17.4. The molecule has 5 nitrogen and oxygen atoms in total. The first-order chi connectivity index (χ1) is 12.1. The van der Waals surface area contributed by atoms with E-state index in [0.29, 0.717) is 5.88 Å². The van der Waals surface area contributed by atoms with E-state index in [4.69, 9.17) is 4.74 Å². The molecule has 3 aromatic heterocycles. The minimum atomic E-state index is 0.546. The Hall–Kier alpha value is -2.73. The number of benzene rings is 1. The Morgan fingerprint density at radius 2 is 1.92 bits per heavy atom. The van der Waals surface area contributed by atoms with Gasteiger partial charge in [-0.3, -0.25) is 9.38 Å². The Labute approximate surface area is 153 Å². The summed E-state index contributed by atoms with van der Waals surface area (Å²) in [5.74, 6) is 1.29. The summed E-state index contributed by atoms with van der Waals surface area (Å²) in [6.45, 7) is 4.06. The molecule has 0 saturated carbocycles. The van der Waals surface area contributed by atoms with Gasteiger partial charge in [0, 0.05) is 24.2 Å². The fourth-order valence-electron chi connectivity index (χ4n) is 2.84. The quantitative estimate of drug-likeness (QED) is 0.492. The lowest BCUT2D eigenvalue weighted by Crippen LogP contribution is -1.99. The molecule has 0 aliphatic heterocycles. The molecule has 1 aromatic carbocycles. The summed E-state index contributed by atoms with van der Waals surface area (Å²) < 4.78 is 8.77. The molecule has 0 N–H and O–H groups in total. The standard InChI is InChI=1S/C19H15BrN4O/c1-12-10-14(25-19-16(20)4-3-7-22-19)5-6-15(12)18-13(2)23-11-17-21-8-9-24(17)18/h3-11H,1-2H3. The fraction of sp³-hybridized carbons (Fsp3) is 0.105. The van der Waals surface area contributed by atoms with Crippen molar-refractivity contribution in [3.05, 3.63) is 70.8 Å². The smallest absolute Gasteiger partial charge is 0.233 e. The van der Waals surface area contributed by atoms with Crippen LogP contribution in [0.15, 0.2) is 59.6 Å². The third-order valence-electron chi connectivity index (χ3n) is 4.02. The molecule has 6 heteroatoms. The normalized spacial score (nSPS) is 11.0. The van der Waals surface area contributed by atoms with Crippen LogP contribution in [0.25, 0.3) is 16.9 Å². The monoisotopic (exact) mass is 394 g/mol. The van der Waals surface area contributed by atoms with E-state index in [9.17, 15) is 0 Å². The van der Waals surface area contributed by atoms with Crippen LogP contribution in [0.3, 0.4) is 0 Å². The Bertz CT molecular complexity index is 1070. The highest BCUT2D eigenvalue weighted by Crippen LogP contribution is 2.32. The number of hydrogen-bond donors (Lipinski definition) is 0. The van der Waals surface area contributed by atoms with Gasteiger partial charge in [-0.25, -0.2) is 9.97 Å². The molecule has 0 bridgehead atoms. The maximum absolute atomic E-state index is 5.89. The number of pyridine rings is 1. The van der Waals surface area contributed by atoms with E-state index in [0.717, 1.165) is 38.4 Å². The predicted molar refractivity (Wildman–Crippen MR) is 99.9 cm³/mol. The molecule has 0 unspecified atom stereocenters. The van der Waals surface area contributed by atoms with Gasteiger partial charge in [0.15, 0.2) is 5.65 Å². The van der Waals surface area contributed by atoms with Gasteiger partial charge in [-0.05, 0) is 65.7 Å². The second kappa shape index (κ2) is 6.29. The zero-order valence-corrected chi connectivity index (χ0v) is 15.4. The molecular weight excluding hydrogens is 380 g/mol. The molecule has 4 rings (SSSR count). The number of ether oxygens (including phenoxy) is 1. The fourth-order valence-corrected chi connectivity index (χ4v) is 3.17. The molecule has 25 heavy (non-hydrogen) atoms. The molecular formula is C19H15BrN4O. The highest BCUT2D eigenvalue weighted by molar-refractivity contribution is 9.10. The third kappa shape index (κ3) is 2.89. The van der Waals surface area contributed by atoms with Crippen LogP contribution in [-0.2, 0) is 0 Å². The average Bonchev–Trinajstić information content (AvgIpc) is 3.07. The van der Waals surface area contributed by atoms with Gasteiger partial charge in [-0.2, -0.15) is 0 Å². The number of rotatable bonds is 3. The summed E-state index contributed by atoms with van der Waals surface area (Å²) in [6, 6.07) is 9.75. The molecule has 4 aromatic rings. The van der Waals surface area contributed by atoms with Crippen LogP contribution in [0.1, 0.15) is 11.3 Å². The number of fused-ring (bicyclic) bond motifs is 1. The van der Waals surface area contributed by atoms with Crippen molar-refractivity contribution in [3.8, 4) is 22.9 Å². The highest BCUT2D eigenvalue weighted by Gasteiger charge is 2.13. The van der Waals surface area contributed by atoms with E-state index >= 15 is 0 Å². The Kier molecular flexibility index (Phi) is 3.97. The van der Waals surface area contributed by atoms with Crippen LogP contribution < -0.4 is 4.74 Å². The molecule has 124 valence electrons. The van der Waals surface area contributed by atoms with Gasteiger partial charge < -0.3 is 4.74 Å². The number of halogens is 1. The molecule has 0 aliphatic carbocycles. The van der Waals surface area contributed by atoms with Crippen molar-refractivity contribution in [2.75, 3.05) is 0 Å². The van der Waals surface area contributed by atoms with Crippen molar-refractivity contribution in [1.29, 1.82) is 0 Å². The summed E-state index contributed by atoms with van der Waals surface area (Å²) in [5, 5.41) is 0. The van der Waals surface area contributed by atoms with Crippen molar-refractivity contribution in [2.45, 2.75) is 13.8 Å². The topological polar surface area (TPSA) is 52.3 Å². The molecule has 0 spiro atoms. The largest absolute Gasteiger partial charge is 0.438 e. The van der Waals surface area contributed by atoms with Crippen LogP contribution in [0.4, 0.5) is 0 Å².